The molecule has 0 bridgehead atoms. The fraction of sp³-hybridized carbons (Fsp3) is 0.417. The summed E-state index contributed by atoms with van der Waals surface area (Å²) in [5.74, 6) is -0.0783. The highest BCUT2D eigenvalue weighted by Gasteiger charge is 2.18. The highest BCUT2D eigenvalue weighted by molar-refractivity contribution is 6.34. The van der Waals surface area contributed by atoms with E-state index >= 15 is 0 Å². The molecule has 0 atom stereocenters. The van der Waals surface area contributed by atoms with Gasteiger partial charge >= 0.3 is 0 Å². The largest absolute Gasteiger partial charge is 0.380 e. The van der Waals surface area contributed by atoms with E-state index in [0.29, 0.717) is 16.6 Å². The molecule has 1 amide bonds. The molecule has 0 saturated carbocycles. The number of anilines is 1. The second-order valence-electron chi connectivity index (χ2n) is 4.39. The van der Waals surface area contributed by atoms with Crippen molar-refractivity contribution in [2.45, 2.75) is 6.04 Å². The molecule has 1 aliphatic heterocycles. The molecule has 0 aromatic heterocycles. The predicted octanol–water partition coefficient (Wildman–Crippen LogP) is 1.43. The lowest BCUT2D eigenvalue weighted by molar-refractivity contribution is 0.0828. The van der Waals surface area contributed by atoms with Crippen molar-refractivity contribution in [3.63, 3.8) is 0 Å². The zero-order chi connectivity index (χ0) is 12.4. The van der Waals surface area contributed by atoms with Crippen LogP contribution in [-0.2, 0) is 0 Å². The van der Waals surface area contributed by atoms with Gasteiger partial charge < -0.3 is 15.5 Å². The predicted molar refractivity (Wildman–Crippen MR) is 69.7 cm³/mol. The smallest absolute Gasteiger partial charge is 0.254 e. The minimum absolute atomic E-state index is 0.0783. The van der Waals surface area contributed by atoms with Crippen molar-refractivity contribution in [1.29, 1.82) is 0 Å². The van der Waals surface area contributed by atoms with Gasteiger partial charge in [-0.25, -0.2) is 0 Å². The quantitative estimate of drug-likeness (QED) is 0.857. The molecule has 2 N–H and O–H groups in total. The fourth-order valence-electron chi connectivity index (χ4n) is 1.65. The van der Waals surface area contributed by atoms with E-state index in [1.807, 2.05) is 12.1 Å². The van der Waals surface area contributed by atoms with E-state index in [2.05, 4.69) is 10.6 Å². The minimum Gasteiger partial charge on any atom is -0.380 e. The van der Waals surface area contributed by atoms with Crippen LogP contribution in [0, 0.1) is 0 Å². The number of nitrogens with one attached hydrogen (secondary N) is 2. The Morgan fingerprint density at radius 1 is 1.47 bits per heavy atom. The second-order valence-corrected chi connectivity index (χ2v) is 4.80. The maximum Gasteiger partial charge on any atom is 0.254 e. The Balaban J connectivity index is 2.19. The Morgan fingerprint density at radius 2 is 2.18 bits per heavy atom. The molecular weight excluding hydrogens is 238 g/mol. The molecule has 1 aliphatic rings. The summed E-state index contributed by atoms with van der Waals surface area (Å²) in [6, 6.07) is 5.90. The Kier molecular flexibility index (Phi) is 3.54. The molecule has 0 spiro atoms. The molecule has 4 nitrogen and oxygen atoms in total. The second kappa shape index (κ2) is 4.94. The number of hydrogen-bond acceptors (Lipinski definition) is 3. The van der Waals surface area contributed by atoms with Crippen molar-refractivity contribution in [1.82, 2.24) is 10.2 Å². The van der Waals surface area contributed by atoms with Gasteiger partial charge in [-0.3, -0.25) is 4.79 Å². The minimum atomic E-state index is -0.0783. The molecule has 1 fully saturated rings. The van der Waals surface area contributed by atoms with E-state index in [1.165, 1.54) is 4.90 Å². The van der Waals surface area contributed by atoms with Crippen LogP contribution in [0.1, 0.15) is 10.4 Å². The van der Waals surface area contributed by atoms with E-state index in [1.54, 1.807) is 20.2 Å². The van der Waals surface area contributed by atoms with Crippen LogP contribution in [-0.4, -0.2) is 44.0 Å². The van der Waals surface area contributed by atoms with Gasteiger partial charge in [0.15, 0.2) is 0 Å². The first-order valence-electron chi connectivity index (χ1n) is 5.56. The van der Waals surface area contributed by atoms with Gasteiger partial charge in [0.1, 0.15) is 0 Å². The van der Waals surface area contributed by atoms with Gasteiger partial charge in [-0.1, -0.05) is 11.6 Å². The molecule has 0 radical (unpaired) electrons. The average Bonchev–Trinajstić information content (AvgIpc) is 2.24. The van der Waals surface area contributed by atoms with E-state index < -0.39 is 0 Å². The fourth-order valence-corrected chi connectivity index (χ4v) is 1.84. The lowest BCUT2D eigenvalue weighted by atomic mass is 10.1. The van der Waals surface area contributed by atoms with Gasteiger partial charge in [0, 0.05) is 32.9 Å². The van der Waals surface area contributed by atoms with Crippen LogP contribution < -0.4 is 10.6 Å². The summed E-state index contributed by atoms with van der Waals surface area (Å²) < 4.78 is 0. The molecule has 1 heterocycles. The van der Waals surface area contributed by atoms with Gasteiger partial charge in [-0.05, 0) is 18.2 Å². The third kappa shape index (κ3) is 2.70. The summed E-state index contributed by atoms with van der Waals surface area (Å²) in [7, 11) is 3.43. The van der Waals surface area contributed by atoms with Crippen molar-refractivity contribution in [2.24, 2.45) is 0 Å². The maximum atomic E-state index is 11.9. The Bertz CT molecular complexity index is 430. The number of benzene rings is 1. The van der Waals surface area contributed by atoms with Gasteiger partial charge in [-0.15, -0.1) is 0 Å². The molecule has 0 aliphatic carbocycles. The van der Waals surface area contributed by atoms with E-state index in [4.69, 9.17) is 11.6 Å². The summed E-state index contributed by atoms with van der Waals surface area (Å²) >= 11 is 6.03. The van der Waals surface area contributed by atoms with Crippen molar-refractivity contribution >= 4 is 23.2 Å². The zero-order valence-electron chi connectivity index (χ0n) is 9.96. The van der Waals surface area contributed by atoms with Gasteiger partial charge in [0.2, 0.25) is 0 Å². The number of amides is 1. The standard InChI is InChI=1S/C12H16ClN3O/c1-16(2)12(17)10-5-8(3-4-11(10)13)15-9-6-14-7-9/h3-5,9,14-15H,6-7H2,1-2H3. The highest BCUT2D eigenvalue weighted by atomic mass is 35.5. The van der Waals surface area contributed by atoms with Crippen LogP contribution in [0.2, 0.25) is 5.02 Å². The van der Waals surface area contributed by atoms with Gasteiger partial charge in [-0.2, -0.15) is 0 Å². The van der Waals surface area contributed by atoms with Crippen LogP contribution in [0.3, 0.4) is 0 Å². The maximum absolute atomic E-state index is 11.9. The number of halogens is 1. The Morgan fingerprint density at radius 3 is 2.71 bits per heavy atom. The van der Waals surface area contributed by atoms with E-state index in [0.717, 1.165) is 18.8 Å². The lowest BCUT2D eigenvalue weighted by Crippen LogP contribution is -2.51. The molecule has 1 aromatic carbocycles. The molecule has 17 heavy (non-hydrogen) atoms. The van der Waals surface area contributed by atoms with E-state index in [9.17, 15) is 4.79 Å². The Hall–Kier alpha value is -1.26. The van der Waals surface area contributed by atoms with Crippen molar-refractivity contribution in [3.05, 3.63) is 28.8 Å². The van der Waals surface area contributed by atoms with Crippen LogP contribution in [0.15, 0.2) is 18.2 Å². The molecule has 1 aromatic rings. The van der Waals surface area contributed by atoms with Crippen LogP contribution in [0.4, 0.5) is 5.69 Å². The first-order valence-corrected chi connectivity index (χ1v) is 5.94. The summed E-state index contributed by atoms with van der Waals surface area (Å²) in [5.41, 5.74) is 1.47. The normalized spacial score (nSPS) is 15.2. The topological polar surface area (TPSA) is 44.4 Å². The summed E-state index contributed by atoms with van der Waals surface area (Å²) in [6.07, 6.45) is 0. The molecular formula is C12H16ClN3O. The van der Waals surface area contributed by atoms with Crippen molar-refractivity contribution in [3.8, 4) is 0 Å². The van der Waals surface area contributed by atoms with Crippen molar-refractivity contribution in [2.75, 3.05) is 32.5 Å². The summed E-state index contributed by atoms with van der Waals surface area (Å²) in [6.45, 7) is 1.92. The number of carbonyl (C=O) groups is 1. The molecule has 5 heteroatoms. The third-order valence-corrected chi connectivity index (χ3v) is 3.08. The monoisotopic (exact) mass is 253 g/mol. The number of rotatable bonds is 3. The molecule has 1 saturated heterocycles. The van der Waals surface area contributed by atoms with Crippen molar-refractivity contribution < 1.29 is 4.79 Å². The number of hydrogen-bond donors (Lipinski definition) is 2. The molecule has 0 unspecified atom stereocenters. The summed E-state index contributed by atoms with van der Waals surface area (Å²) in [4.78, 5) is 13.4. The number of nitrogens with zero attached hydrogens (tertiary/aromatic N) is 1. The number of carbonyl (C=O) groups excluding carboxylic acids is 1. The highest BCUT2D eigenvalue weighted by Crippen LogP contribution is 2.22. The SMILES string of the molecule is CN(C)C(=O)c1cc(NC2CNC2)ccc1Cl. The van der Waals surface area contributed by atoms with Gasteiger partial charge in [0.05, 0.1) is 16.6 Å². The third-order valence-electron chi connectivity index (χ3n) is 2.76. The van der Waals surface area contributed by atoms with Crippen LogP contribution in [0.25, 0.3) is 0 Å². The molecule has 2 rings (SSSR count). The molecule has 92 valence electrons. The Labute approximate surface area is 106 Å². The van der Waals surface area contributed by atoms with Gasteiger partial charge in [0.25, 0.3) is 5.91 Å². The average molecular weight is 254 g/mol. The summed E-state index contributed by atoms with van der Waals surface area (Å²) in [5, 5.41) is 7.02. The van der Waals surface area contributed by atoms with Crippen LogP contribution >= 0.6 is 11.6 Å². The zero-order valence-corrected chi connectivity index (χ0v) is 10.7. The first-order chi connectivity index (χ1) is 8.08. The van der Waals surface area contributed by atoms with E-state index in [-0.39, 0.29) is 5.91 Å². The lowest BCUT2D eigenvalue weighted by Gasteiger charge is -2.29. The first kappa shape index (κ1) is 12.2. The van der Waals surface area contributed by atoms with Crippen LogP contribution in [0.5, 0.6) is 0 Å².